The molecule has 0 aliphatic heterocycles. The predicted octanol–water partition coefficient (Wildman–Crippen LogP) is 1.41. The molecule has 0 radical (unpaired) electrons. The van der Waals surface area contributed by atoms with Gasteiger partial charge in [-0.25, -0.2) is 0 Å². The first-order chi connectivity index (χ1) is 9.47. The topological polar surface area (TPSA) is 84.2 Å². The van der Waals surface area contributed by atoms with Gasteiger partial charge in [-0.2, -0.15) is 5.10 Å². The number of nitrogens with zero attached hydrogens (tertiary/aromatic N) is 2. The largest absolute Gasteiger partial charge is 0.481 e. The van der Waals surface area contributed by atoms with Crippen LogP contribution in [-0.4, -0.2) is 26.8 Å². The average Bonchev–Trinajstić information content (AvgIpc) is 3.04. The Morgan fingerprint density at radius 1 is 1.35 bits per heavy atom. The summed E-state index contributed by atoms with van der Waals surface area (Å²) in [5.74, 6) is -1.09. The van der Waals surface area contributed by atoms with E-state index in [9.17, 15) is 14.7 Å². The number of carboxylic acid groups (broad SMARTS) is 1. The number of aromatic nitrogens is 2. The lowest BCUT2D eigenvalue weighted by atomic mass is 9.79. The highest BCUT2D eigenvalue weighted by molar-refractivity contribution is 5.95. The minimum absolute atomic E-state index is 0.165. The van der Waals surface area contributed by atoms with E-state index in [4.69, 9.17) is 0 Å². The highest BCUT2D eigenvalue weighted by atomic mass is 16.4. The number of aryl methyl sites for hydroxylation is 2. The molecule has 6 heteroatoms. The standard InChI is InChI=1S/C14H19N3O3/c1-7-5-10(16-17(7)2)15-13(18)11-8-3-4-9(6-8)12(11)14(19)20/h5,8-9,11-12H,3-4,6H2,1-2H3,(H,19,20)(H,15,16,18)/t8-,9-,11+,12+/m0/s1. The molecule has 2 fully saturated rings. The second-order valence-electron chi connectivity index (χ2n) is 6.01. The molecule has 2 bridgehead atoms. The van der Waals surface area contributed by atoms with Gasteiger partial charge in [0.2, 0.25) is 5.91 Å². The van der Waals surface area contributed by atoms with E-state index in [1.54, 1.807) is 10.7 Å². The minimum Gasteiger partial charge on any atom is -0.481 e. The van der Waals surface area contributed by atoms with Crippen molar-refractivity contribution in [2.24, 2.45) is 30.7 Å². The maximum atomic E-state index is 12.4. The van der Waals surface area contributed by atoms with Gasteiger partial charge in [0.05, 0.1) is 11.8 Å². The van der Waals surface area contributed by atoms with Gasteiger partial charge in [-0.15, -0.1) is 0 Å². The number of hydrogen-bond donors (Lipinski definition) is 2. The SMILES string of the molecule is Cc1cc(NC(=O)[C@@H]2[C@H]3CC[C@@H](C3)[C@H]2C(=O)O)nn1C. The number of carboxylic acids is 1. The van der Waals surface area contributed by atoms with Crippen molar-refractivity contribution in [3.8, 4) is 0 Å². The Balaban J connectivity index is 1.77. The molecule has 1 aromatic heterocycles. The molecule has 108 valence electrons. The zero-order valence-corrected chi connectivity index (χ0v) is 11.7. The van der Waals surface area contributed by atoms with Crippen LogP contribution in [0.4, 0.5) is 5.82 Å². The van der Waals surface area contributed by atoms with Crippen LogP contribution in [0.3, 0.4) is 0 Å². The van der Waals surface area contributed by atoms with E-state index in [-0.39, 0.29) is 17.7 Å². The molecule has 0 saturated heterocycles. The molecule has 2 saturated carbocycles. The first-order valence-electron chi connectivity index (χ1n) is 7.01. The molecule has 1 aromatic rings. The number of hydrogen-bond acceptors (Lipinski definition) is 3. The van der Waals surface area contributed by atoms with Crippen LogP contribution in [0.2, 0.25) is 0 Å². The zero-order chi connectivity index (χ0) is 14.4. The Labute approximate surface area is 117 Å². The van der Waals surface area contributed by atoms with E-state index in [0.29, 0.717) is 5.82 Å². The maximum absolute atomic E-state index is 12.4. The van der Waals surface area contributed by atoms with E-state index < -0.39 is 17.8 Å². The molecule has 0 aromatic carbocycles. The van der Waals surface area contributed by atoms with Crippen LogP contribution in [0.15, 0.2) is 6.07 Å². The summed E-state index contributed by atoms with van der Waals surface area (Å²) in [6.07, 6.45) is 2.78. The van der Waals surface area contributed by atoms with Crippen molar-refractivity contribution in [2.75, 3.05) is 5.32 Å². The van der Waals surface area contributed by atoms with Gasteiger partial charge >= 0.3 is 5.97 Å². The third kappa shape index (κ3) is 1.99. The fraction of sp³-hybridized carbons (Fsp3) is 0.643. The smallest absolute Gasteiger partial charge is 0.307 e. The molecule has 0 spiro atoms. The summed E-state index contributed by atoms with van der Waals surface area (Å²) < 4.78 is 1.69. The van der Waals surface area contributed by atoms with Crippen molar-refractivity contribution < 1.29 is 14.7 Å². The number of carbonyl (C=O) groups excluding carboxylic acids is 1. The van der Waals surface area contributed by atoms with Crippen LogP contribution < -0.4 is 5.32 Å². The summed E-state index contributed by atoms with van der Waals surface area (Å²) in [5.41, 5.74) is 0.947. The number of amides is 1. The van der Waals surface area contributed by atoms with Gasteiger partial charge in [0.1, 0.15) is 0 Å². The molecule has 0 unspecified atom stereocenters. The van der Waals surface area contributed by atoms with Crippen molar-refractivity contribution in [3.63, 3.8) is 0 Å². The Hall–Kier alpha value is -1.85. The van der Waals surface area contributed by atoms with E-state index in [0.717, 1.165) is 25.0 Å². The fourth-order valence-electron chi connectivity index (χ4n) is 3.86. The first kappa shape index (κ1) is 13.1. The van der Waals surface area contributed by atoms with Gasteiger partial charge in [-0.1, -0.05) is 0 Å². The summed E-state index contributed by atoms with van der Waals surface area (Å²) in [4.78, 5) is 23.8. The number of fused-ring (bicyclic) bond motifs is 2. The van der Waals surface area contributed by atoms with Crippen molar-refractivity contribution in [1.29, 1.82) is 0 Å². The predicted molar refractivity (Wildman–Crippen MR) is 72.0 cm³/mol. The molecule has 2 aliphatic carbocycles. The van der Waals surface area contributed by atoms with Crippen LogP contribution in [-0.2, 0) is 16.6 Å². The van der Waals surface area contributed by atoms with Gasteiger partial charge < -0.3 is 10.4 Å². The Morgan fingerprint density at radius 2 is 2.00 bits per heavy atom. The molecule has 20 heavy (non-hydrogen) atoms. The number of aliphatic carboxylic acids is 1. The third-order valence-corrected chi connectivity index (χ3v) is 4.87. The number of rotatable bonds is 3. The van der Waals surface area contributed by atoms with Crippen LogP contribution in [0.25, 0.3) is 0 Å². The molecule has 4 atom stereocenters. The Morgan fingerprint density at radius 3 is 2.55 bits per heavy atom. The second-order valence-corrected chi connectivity index (χ2v) is 6.01. The van der Waals surface area contributed by atoms with Gasteiger partial charge in [0, 0.05) is 18.8 Å². The van der Waals surface area contributed by atoms with Crippen LogP contribution in [0, 0.1) is 30.6 Å². The zero-order valence-electron chi connectivity index (χ0n) is 11.7. The van der Waals surface area contributed by atoms with Crippen LogP contribution in [0.5, 0.6) is 0 Å². The molecule has 2 aliphatic rings. The number of anilines is 1. The van der Waals surface area contributed by atoms with Crippen LogP contribution in [0.1, 0.15) is 25.0 Å². The molecule has 2 N–H and O–H groups in total. The maximum Gasteiger partial charge on any atom is 0.307 e. The molecule has 6 nitrogen and oxygen atoms in total. The second kappa shape index (κ2) is 4.61. The number of nitrogens with one attached hydrogen (secondary N) is 1. The van der Waals surface area contributed by atoms with E-state index in [1.807, 2.05) is 14.0 Å². The highest BCUT2D eigenvalue weighted by Crippen LogP contribution is 2.52. The van der Waals surface area contributed by atoms with Gasteiger partial charge in [-0.3, -0.25) is 14.3 Å². The monoisotopic (exact) mass is 277 g/mol. The normalized spacial score (nSPS) is 31.5. The Bertz CT molecular complexity index is 547. The van der Waals surface area contributed by atoms with Gasteiger partial charge in [0.15, 0.2) is 5.82 Å². The van der Waals surface area contributed by atoms with Gasteiger partial charge in [-0.05, 0) is 38.0 Å². The lowest BCUT2D eigenvalue weighted by Crippen LogP contribution is -2.37. The summed E-state index contributed by atoms with van der Waals surface area (Å²) in [5, 5.41) is 16.3. The lowest BCUT2D eigenvalue weighted by Gasteiger charge is -2.26. The van der Waals surface area contributed by atoms with E-state index in [1.165, 1.54) is 0 Å². The Kier molecular flexibility index (Phi) is 3.03. The summed E-state index contributed by atoms with van der Waals surface area (Å²) >= 11 is 0. The quantitative estimate of drug-likeness (QED) is 0.875. The molecule has 1 heterocycles. The molecule has 3 rings (SSSR count). The van der Waals surface area contributed by atoms with Crippen molar-refractivity contribution >= 4 is 17.7 Å². The summed E-state index contributed by atoms with van der Waals surface area (Å²) in [6, 6.07) is 1.79. The summed E-state index contributed by atoms with van der Waals surface area (Å²) in [7, 11) is 1.81. The molecule has 1 amide bonds. The van der Waals surface area contributed by atoms with E-state index in [2.05, 4.69) is 10.4 Å². The van der Waals surface area contributed by atoms with Crippen molar-refractivity contribution in [1.82, 2.24) is 9.78 Å². The molecular weight excluding hydrogens is 258 g/mol. The van der Waals surface area contributed by atoms with E-state index >= 15 is 0 Å². The third-order valence-electron chi connectivity index (χ3n) is 4.87. The van der Waals surface area contributed by atoms with Crippen molar-refractivity contribution in [2.45, 2.75) is 26.2 Å². The van der Waals surface area contributed by atoms with Gasteiger partial charge in [0.25, 0.3) is 0 Å². The highest BCUT2D eigenvalue weighted by Gasteiger charge is 2.54. The first-order valence-corrected chi connectivity index (χ1v) is 7.01. The lowest BCUT2D eigenvalue weighted by molar-refractivity contribution is -0.148. The fourth-order valence-corrected chi connectivity index (χ4v) is 3.86. The van der Waals surface area contributed by atoms with Crippen LogP contribution >= 0.6 is 0 Å². The summed E-state index contributed by atoms with van der Waals surface area (Å²) in [6.45, 7) is 1.90. The molecular formula is C14H19N3O3. The number of carbonyl (C=O) groups is 2. The van der Waals surface area contributed by atoms with Crippen molar-refractivity contribution in [3.05, 3.63) is 11.8 Å². The minimum atomic E-state index is -0.838. The average molecular weight is 277 g/mol.